The number of carbonyl (C=O) groups excluding carboxylic acids is 1. The van der Waals surface area contributed by atoms with Gasteiger partial charge in [-0.15, -0.1) is 11.3 Å². The van der Waals surface area contributed by atoms with Gasteiger partial charge in [0.25, 0.3) is 11.8 Å². The summed E-state index contributed by atoms with van der Waals surface area (Å²) in [6.07, 6.45) is 7.24. The largest absolute Gasteiger partial charge is 0.490 e. The normalized spacial score (nSPS) is 20.4. The van der Waals surface area contributed by atoms with Crippen molar-refractivity contribution in [2.75, 3.05) is 6.61 Å². The van der Waals surface area contributed by atoms with Gasteiger partial charge in [-0.05, 0) is 31.7 Å². The minimum atomic E-state index is -3.01. The summed E-state index contributed by atoms with van der Waals surface area (Å²) in [5.41, 5.74) is 8.14. The Hall–Kier alpha value is -2.59. The maximum atomic E-state index is 14.3. The molecule has 0 aliphatic heterocycles. The van der Waals surface area contributed by atoms with Crippen molar-refractivity contribution in [3.63, 3.8) is 0 Å². The van der Waals surface area contributed by atoms with Crippen LogP contribution >= 0.6 is 11.3 Å². The van der Waals surface area contributed by atoms with Crippen LogP contribution in [0.15, 0.2) is 24.7 Å². The molecule has 172 valence electrons. The van der Waals surface area contributed by atoms with Gasteiger partial charge in [0, 0.05) is 28.5 Å². The second-order valence-electron chi connectivity index (χ2n) is 8.03. The number of amides is 1. The third kappa shape index (κ3) is 4.33. The number of hydrogen-bond donors (Lipinski definition) is 2. The zero-order valence-corrected chi connectivity index (χ0v) is 18.9. The highest BCUT2D eigenvalue weighted by Crippen LogP contribution is 2.36. The highest BCUT2D eigenvalue weighted by molar-refractivity contribution is 7.14. The van der Waals surface area contributed by atoms with E-state index >= 15 is 0 Å². The number of nitrogens with two attached hydrogens (primary N) is 1. The zero-order chi connectivity index (χ0) is 22.9. The fraction of sp³-hybridized carbons (Fsp3) is 0.500. The Balaban J connectivity index is 1.62. The van der Waals surface area contributed by atoms with Gasteiger partial charge in [-0.2, -0.15) is 5.10 Å². The fourth-order valence-electron chi connectivity index (χ4n) is 4.01. The highest BCUT2D eigenvalue weighted by atomic mass is 32.1. The molecule has 1 aliphatic rings. The van der Waals surface area contributed by atoms with Gasteiger partial charge >= 0.3 is 0 Å². The average Bonchev–Trinajstić information content (AvgIpc) is 3.38. The van der Waals surface area contributed by atoms with Crippen LogP contribution in [0.3, 0.4) is 0 Å². The first-order chi connectivity index (χ1) is 15.3. The second kappa shape index (κ2) is 9.11. The third-order valence-electron chi connectivity index (χ3n) is 5.67. The maximum Gasteiger partial charge on any atom is 0.269 e. The molecular weight excluding hydrogens is 436 g/mol. The molecule has 10 heteroatoms. The van der Waals surface area contributed by atoms with E-state index in [0.29, 0.717) is 42.1 Å². The van der Waals surface area contributed by atoms with Crippen LogP contribution in [-0.4, -0.2) is 45.1 Å². The van der Waals surface area contributed by atoms with Gasteiger partial charge in [0.2, 0.25) is 0 Å². The molecule has 0 bridgehead atoms. The summed E-state index contributed by atoms with van der Waals surface area (Å²) in [7, 11) is 0. The van der Waals surface area contributed by atoms with Gasteiger partial charge in [0.1, 0.15) is 6.04 Å². The minimum absolute atomic E-state index is 0.264. The van der Waals surface area contributed by atoms with Gasteiger partial charge in [0.05, 0.1) is 30.1 Å². The third-order valence-corrected chi connectivity index (χ3v) is 6.95. The predicted octanol–water partition coefficient (Wildman–Crippen LogP) is 4.05. The number of carbonyl (C=O) groups is 1. The number of aryl methyl sites for hydroxylation is 1. The SMILES string of the molecule is CCCOc1cnc2c(-c3cc(C(=O)N[C@@H]4[C@H](N)CCCC4(F)F)sc3CC)cnn2c1. The number of aromatic nitrogens is 3. The Labute approximate surface area is 189 Å². The van der Waals surface area contributed by atoms with Crippen molar-refractivity contribution in [3.8, 4) is 16.9 Å². The van der Waals surface area contributed by atoms with Crippen LogP contribution < -0.4 is 15.8 Å². The lowest BCUT2D eigenvalue weighted by molar-refractivity contribution is -0.0674. The van der Waals surface area contributed by atoms with Gasteiger partial charge in [-0.1, -0.05) is 13.8 Å². The van der Waals surface area contributed by atoms with Crippen LogP contribution in [0.25, 0.3) is 16.8 Å². The van der Waals surface area contributed by atoms with Crippen molar-refractivity contribution >= 4 is 22.9 Å². The molecule has 0 saturated heterocycles. The first kappa shape index (κ1) is 22.6. The monoisotopic (exact) mass is 463 g/mol. The molecule has 1 saturated carbocycles. The van der Waals surface area contributed by atoms with Crippen LogP contribution in [0.4, 0.5) is 8.78 Å². The van der Waals surface area contributed by atoms with Crippen LogP contribution in [0, 0.1) is 0 Å². The summed E-state index contributed by atoms with van der Waals surface area (Å²) < 4.78 is 35.9. The summed E-state index contributed by atoms with van der Waals surface area (Å²) in [5.74, 6) is -2.91. The molecule has 32 heavy (non-hydrogen) atoms. The number of rotatable bonds is 7. The van der Waals surface area contributed by atoms with Crippen molar-refractivity contribution in [2.24, 2.45) is 5.73 Å². The number of hydrogen-bond acceptors (Lipinski definition) is 6. The average molecular weight is 464 g/mol. The Bertz CT molecular complexity index is 1110. The fourth-order valence-corrected chi connectivity index (χ4v) is 5.02. The summed E-state index contributed by atoms with van der Waals surface area (Å²) >= 11 is 1.29. The summed E-state index contributed by atoms with van der Waals surface area (Å²) in [6.45, 7) is 4.60. The first-order valence-electron chi connectivity index (χ1n) is 10.9. The molecular formula is C22H27F2N5O2S. The molecule has 0 radical (unpaired) electrons. The van der Waals surface area contributed by atoms with E-state index in [1.165, 1.54) is 11.3 Å². The van der Waals surface area contributed by atoms with Gasteiger partial charge in [0.15, 0.2) is 11.4 Å². The standard InChI is InChI=1S/C22H27F2N5O2S/c1-3-8-31-13-10-26-20-15(11-27-29(20)12-13)14-9-18(32-17(14)4-2)21(30)28-19-16(25)6-5-7-22(19,23)24/h9-12,16,19H,3-8,25H2,1-2H3,(H,28,30)/t16-,19-/m1/s1. The molecule has 3 heterocycles. The molecule has 0 aromatic carbocycles. The second-order valence-corrected chi connectivity index (χ2v) is 9.17. The van der Waals surface area contributed by atoms with Crippen molar-refractivity contribution in [3.05, 3.63) is 34.4 Å². The Morgan fingerprint density at radius 1 is 1.38 bits per heavy atom. The van der Waals surface area contributed by atoms with Crippen molar-refractivity contribution in [2.45, 2.75) is 64.0 Å². The van der Waals surface area contributed by atoms with Crippen molar-refractivity contribution < 1.29 is 18.3 Å². The molecule has 0 unspecified atom stereocenters. The van der Waals surface area contributed by atoms with Crippen LogP contribution in [0.1, 0.15) is 54.1 Å². The topological polar surface area (TPSA) is 94.5 Å². The Morgan fingerprint density at radius 3 is 2.91 bits per heavy atom. The lowest BCUT2D eigenvalue weighted by Gasteiger charge is -2.36. The van der Waals surface area contributed by atoms with E-state index in [0.717, 1.165) is 22.4 Å². The number of fused-ring (bicyclic) bond motifs is 1. The molecule has 3 aromatic rings. The molecule has 7 nitrogen and oxygen atoms in total. The Kier molecular flexibility index (Phi) is 6.43. The number of nitrogens with one attached hydrogen (secondary N) is 1. The van der Waals surface area contributed by atoms with Crippen LogP contribution in [0.2, 0.25) is 0 Å². The van der Waals surface area contributed by atoms with Gasteiger partial charge in [-0.25, -0.2) is 18.3 Å². The molecule has 1 amide bonds. The zero-order valence-electron chi connectivity index (χ0n) is 18.1. The predicted molar refractivity (Wildman–Crippen MR) is 119 cm³/mol. The first-order valence-corrected chi connectivity index (χ1v) is 11.7. The summed E-state index contributed by atoms with van der Waals surface area (Å²) in [4.78, 5) is 18.7. The molecule has 1 aliphatic carbocycles. The lowest BCUT2D eigenvalue weighted by Crippen LogP contribution is -2.59. The van der Waals surface area contributed by atoms with Crippen LogP contribution in [-0.2, 0) is 6.42 Å². The van der Waals surface area contributed by atoms with Crippen LogP contribution in [0.5, 0.6) is 5.75 Å². The summed E-state index contributed by atoms with van der Waals surface area (Å²) in [5, 5.41) is 6.87. The summed E-state index contributed by atoms with van der Waals surface area (Å²) in [6, 6.07) is -0.397. The molecule has 3 N–H and O–H groups in total. The minimum Gasteiger partial charge on any atom is -0.490 e. The number of halogens is 2. The van der Waals surface area contributed by atoms with E-state index in [4.69, 9.17) is 10.5 Å². The van der Waals surface area contributed by atoms with Gasteiger partial charge in [-0.3, -0.25) is 4.79 Å². The van der Waals surface area contributed by atoms with E-state index in [1.54, 1.807) is 29.2 Å². The number of nitrogens with zero attached hydrogens (tertiary/aromatic N) is 3. The van der Waals surface area contributed by atoms with E-state index in [9.17, 15) is 13.6 Å². The molecule has 3 aromatic heterocycles. The number of ether oxygens (including phenoxy) is 1. The Morgan fingerprint density at radius 2 is 2.19 bits per heavy atom. The molecule has 0 spiro atoms. The lowest BCUT2D eigenvalue weighted by atomic mass is 9.87. The van der Waals surface area contributed by atoms with E-state index in [-0.39, 0.29) is 6.42 Å². The highest BCUT2D eigenvalue weighted by Gasteiger charge is 2.46. The van der Waals surface area contributed by atoms with E-state index in [2.05, 4.69) is 15.4 Å². The molecule has 2 atom stereocenters. The van der Waals surface area contributed by atoms with Crippen molar-refractivity contribution in [1.29, 1.82) is 0 Å². The quantitative estimate of drug-likeness (QED) is 0.551. The maximum absolute atomic E-state index is 14.3. The van der Waals surface area contributed by atoms with Gasteiger partial charge < -0.3 is 15.8 Å². The van der Waals surface area contributed by atoms with E-state index < -0.39 is 23.9 Å². The van der Waals surface area contributed by atoms with E-state index in [1.807, 2.05) is 13.8 Å². The smallest absolute Gasteiger partial charge is 0.269 e. The molecule has 4 rings (SSSR count). The number of alkyl halides is 2. The molecule has 1 fully saturated rings. The number of thiophene rings is 1. The van der Waals surface area contributed by atoms with Crippen molar-refractivity contribution in [1.82, 2.24) is 19.9 Å².